The third-order valence-corrected chi connectivity index (χ3v) is 4.17. The molecule has 2 aromatic rings. The van der Waals surface area contributed by atoms with Crippen molar-refractivity contribution in [3.63, 3.8) is 0 Å². The molecule has 0 bridgehead atoms. The predicted octanol–water partition coefficient (Wildman–Crippen LogP) is 3.91. The standard InChI is InChI=1S/C17H12Cl2O5/c18-12-5-1-3-10(14(12)16(20)21)11-4-2-6-13(19)15(11)17(22)24-8-9-7-23-9/h1-6,9H,7-8H2,(H,20,21). The zero-order valence-electron chi connectivity index (χ0n) is 12.3. The van der Waals surface area contributed by atoms with Gasteiger partial charge in [0.1, 0.15) is 12.7 Å². The van der Waals surface area contributed by atoms with Gasteiger partial charge in [-0.1, -0.05) is 47.5 Å². The lowest BCUT2D eigenvalue weighted by Crippen LogP contribution is -2.12. The molecule has 0 amide bonds. The van der Waals surface area contributed by atoms with E-state index in [0.29, 0.717) is 17.7 Å². The number of hydrogen-bond donors (Lipinski definition) is 1. The summed E-state index contributed by atoms with van der Waals surface area (Å²) in [5, 5.41) is 9.69. The van der Waals surface area contributed by atoms with Crippen molar-refractivity contribution in [2.75, 3.05) is 13.2 Å². The minimum absolute atomic E-state index is 0.0747. The van der Waals surface area contributed by atoms with Gasteiger partial charge in [0.05, 0.1) is 27.8 Å². The first kappa shape index (κ1) is 16.8. The highest BCUT2D eigenvalue weighted by molar-refractivity contribution is 6.35. The van der Waals surface area contributed by atoms with Crippen molar-refractivity contribution >= 4 is 35.1 Å². The monoisotopic (exact) mass is 366 g/mol. The van der Waals surface area contributed by atoms with Crippen LogP contribution in [0.3, 0.4) is 0 Å². The van der Waals surface area contributed by atoms with Crippen LogP contribution in [0, 0.1) is 0 Å². The zero-order valence-corrected chi connectivity index (χ0v) is 13.8. The maximum Gasteiger partial charge on any atom is 0.340 e. The zero-order chi connectivity index (χ0) is 17.3. The van der Waals surface area contributed by atoms with Gasteiger partial charge in [0.2, 0.25) is 0 Å². The molecule has 1 fully saturated rings. The molecule has 124 valence electrons. The normalized spacial score (nSPS) is 15.8. The highest BCUT2D eigenvalue weighted by Crippen LogP contribution is 2.35. The largest absolute Gasteiger partial charge is 0.478 e. The van der Waals surface area contributed by atoms with Gasteiger partial charge in [-0.15, -0.1) is 0 Å². The fourth-order valence-corrected chi connectivity index (χ4v) is 2.83. The SMILES string of the molecule is O=C(O)c1c(Cl)cccc1-c1cccc(Cl)c1C(=O)OCC1CO1. The summed E-state index contributed by atoms with van der Waals surface area (Å²) < 4.78 is 10.2. The first-order valence-electron chi connectivity index (χ1n) is 7.08. The van der Waals surface area contributed by atoms with E-state index >= 15 is 0 Å². The van der Waals surface area contributed by atoms with Gasteiger partial charge in [-0.05, 0) is 23.3 Å². The second kappa shape index (κ2) is 6.81. The molecule has 3 rings (SSSR count). The molecule has 0 aromatic heterocycles. The summed E-state index contributed by atoms with van der Waals surface area (Å²) in [4.78, 5) is 24.0. The number of carbonyl (C=O) groups is 2. The summed E-state index contributed by atoms with van der Waals surface area (Å²) in [6, 6.07) is 9.43. The summed E-state index contributed by atoms with van der Waals surface area (Å²) in [7, 11) is 0. The Hall–Kier alpha value is -2.08. The van der Waals surface area contributed by atoms with Crippen LogP contribution in [-0.4, -0.2) is 36.4 Å². The van der Waals surface area contributed by atoms with Crippen LogP contribution in [0.25, 0.3) is 11.1 Å². The number of aromatic carboxylic acids is 1. The summed E-state index contributed by atoms with van der Waals surface area (Å²) in [6.07, 6.45) is -0.0827. The van der Waals surface area contributed by atoms with Crippen LogP contribution in [0.15, 0.2) is 36.4 Å². The number of carbonyl (C=O) groups excluding carboxylic acids is 1. The van der Waals surface area contributed by atoms with Crippen LogP contribution in [0.4, 0.5) is 0 Å². The van der Waals surface area contributed by atoms with Gasteiger partial charge in [-0.3, -0.25) is 0 Å². The van der Waals surface area contributed by atoms with E-state index in [2.05, 4.69) is 0 Å². The van der Waals surface area contributed by atoms with E-state index < -0.39 is 11.9 Å². The summed E-state index contributed by atoms with van der Waals surface area (Å²) >= 11 is 12.2. The molecule has 7 heteroatoms. The lowest BCUT2D eigenvalue weighted by molar-refractivity contribution is 0.0477. The van der Waals surface area contributed by atoms with Crippen LogP contribution in [0.2, 0.25) is 10.0 Å². The Morgan fingerprint density at radius 2 is 1.62 bits per heavy atom. The molecule has 1 N–H and O–H groups in total. The Kier molecular flexibility index (Phi) is 4.76. The molecule has 1 heterocycles. The van der Waals surface area contributed by atoms with Crippen molar-refractivity contribution in [2.24, 2.45) is 0 Å². The topological polar surface area (TPSA) is 76.1 Å². The fraction of sp³-hybridized carbons (Fsp3) is 0.176. The van der Waals surface area contributed by atoms with Gasteiger partial charge in [-0.25, -0.2) is 9.59 Å². The third-order valence-electron chi connectivity index (χ3n) is 3.54. The molecular formula is C17H12Cl2O5. The van der Waals surface area contributed by atoms with E-state index in [-0.39, 0.29) is 33.9 Å². The lowest BCUT2D eigenvalue weighted by Gasteiger charge is -2.13. The Bertz CT molecular complexity index is 815. The molecule has 0 aliphatic carbocycles. The number of ether oxygens (including phenoxy) is 2. The van der Waals surface area contributed by atoms with E-state index in [1.54, 1.807) is 30.3 Å². The molecule has 1 unspecified atom stereocenters. The maximum absolute atomic E-state index is 12.4. The van der Waals surface area contributed by atoms with Crippen molar-refractivity contribution in [1.29, 1.82) is 0 Å². The Morgan fingerprint density at radius 3 is 2.17 bits per heavy atom. The molecular weight excluding hydrogens is 355 g/mol. The number of rotatable bonds is 5. The Balaban J connectivity index is 2.08. The minimum atomic E-state index is -1.19. The number of benzene rings is 2. The van der Waals surface area contributed by atoms with Gasteiger partial charge in [-0.2, -0.15) is 0 Å². The van der Waals surface area contributed by atoms with Crippen molar-refractivity contribution in [1.82, 2.24) is 0 Å². The fourth-order valence-electron chi connectivity index (χ4n) is 2.33. The lowest BCUT2D eigenvalue weighted by atomic mass is 9.95. The molecule has 0 radical (unpaired) electrons. The first-order valence-corrected chi connectivity index (χ1v) is 7.84. The number of halogens is 2. The van der Waals surface area contributed by atoms with Crippen molar-refractivity contribution < 1.29 is 24.2 Å². The van der Waals surface area contributed by atoms with Crippen molar-refractivity contribution in [2.45, 2.75) is 6.10 Å². The number of carboxylic acids is 1. The molecule has 24 heavy (non-hydrogen) atoms. The van der Waals surface area contributed by atoms with Gasteiger partial charge in [0, 0.05) is 0 Å². The quantitative estimate of drug-likeness (QED) is 0.641. The second-order valence-electron chi connectivity index (χ2n) is 5.18. The smallest absolute Gasteiger partial charge is 0.340 e. The molecule has 5 nitrogen and oxygen atoms in total. The summed E-state index contributed by atoms with van der Waals surface area (Å²) in [5.41, 5.74) is 0.654. The molecule has 0 saturated carbocycles. The van der Waals surface area contributed by atoms with Crippen LogP contribution in [0.1, 0.15) is 20.7 Å². The number of esters is 1. The Morgan fingerprint density at radius 1 is 1.08 bits per heavy atom. The molecule has 1 saturated heterocycles. The maximum atomic E-state index is 12.4. The number of hydrogen-bond acceptors (Lipinski definition) is 4. The van der Waals surface area contributed by atoms with E-state index in [1.165, 1.54) is 6.07 Å². The van der Waals surface area contributed by atoms with Gasteiger partial charge >= 0.3 is 11.9 Å². The van der Waals surface area contributed by atoms with E-state index in [1.807, 2.05) is 0 Å². The van der Waals surface area contributed by atoms with Gasteiger partial charge < -0.3 is 14.6 Å². The van der Waals surface area contributed by atoms with Crippen molar-refractivity contribution in [3.05, 3.63) is 57.6 Å². The number of carboxylic acid groups (broad SMARTS) is 1. The van der Waals surface area contributed by atoms with Crippen LogP contribution in [-0.2, 0) is 9.47 Å². The Labute approximate surface area is 147 Å². The first-order chi connectivity index (χ1) is 11.5. The average molecular weight is 367 g/mol. The molecule has 1 aliphatic rings. The van der Waals surface area contributed by atoms with Gasteiger partial charge in [0.25, 0.3) is 0 Å². The highest BCUT2D eigenvalue weighted by Gasteiger charge is 2.27. The summed E-state index contributed by atoms with van der Waals surface area (Å²) in [6.45, 7) is 0.685. The van der Waals surface area contributed by atoms with Crippen molar-refractivity contribution in [3.8, 4) is 11.1 Å². The van der Waals surface area contributed by atoms with E-state index in [0.717, 1.165) is 0 Å². The second-order valence-corrected chi connectivity index (χ2v) is 6.00. The minimum Gasteiger partial charge on any atom is -0.478 e. The average Bonchev–Trinajstić information content (AvgIpc) is 3.36. The van der Waals surface area contributed by atoms with Gasteiger partial charge in [0.15, 0.2) is 0 Å². The van der Waals surface area contributed by atoms with Crippen LogP contribution >= 0.6 is 23.2 Å². The molecule has 1 aliphatic heterocycles. The molecule has 0 spiro atoms. The third kappa shape index (κ3) is 3.38. The number of epoxide rings is 1. The van der Waals surface area contributed by atoms with Crippen LogP contribution in [0.5, 0.6) is 0 Å². The van der Waals surface area contributed by atoms with E-state index in [4.69, 9.17) is 32.7 Å². The predicted molar refractivity (Wildman–Crippen MR) is 88.9 cm³/mol. The van der Waals surface area contributed by atoms with Crippen LogP contribution < -0.4 is 0 Å². The molecule has 2 aromatic carbocycles. The molecule has 1 atom stereocenters. The highest BCUT2D eigenvalue weighted by atomic mass is 35.5. The summed E-state index contributed by atoms with van der Waals surface area (Å²) in [5.74, 6) is -1.83. The van der Waals surface area contributed by atoms with E-state index in [9.17, 15) is 14.7 Å².